The molecule has 2 aromatic carbocycles. The van der Waals surface area contributed by atoms with Crippen molar-refractivity contribution >= 4 is 55.5 Å². The summed E-state index contributed by atoms with van der Waals surface area (Å²) in [5.41, 5.74) is 0.532. The summed E-state index contributed by atoms with van der Waals surface area (Å²) >= 11 is 13.2. The third-order valence-electron chi connectivity index (χ3n) is 4.03. The molecule has 1 heterocycles. The lowest BCUT2D eigenvalue weighted by Gasteiger charge is -2.10. The molecule has 0 unspecified atom stereocenters. The van der Waals surface area contributed by atoms with Gasteiger partial charge in [0, 0.05) is 45.3 Å². The van der Waals surface area contributed by atoms with Crippen molar-refractivity contribution in [1.82, 2.24) is 0 Å². The summed E-state index contributed by atoms with van der Waals surface area (Å²) < 4.78 is 7.82. The van der Waals surface area contributed by atoms with Crippen LogP contribution in [0.2, 0.25) is 5.02 Å². The molecule has 6 heteroatoms. The number of halogens is 3. The minimum Gasteiger partial charge on any atom is -0.457 e. The second-order valence-corrected chi connectivity index (χ2v) is 8.17. The van der Waals surface area contributed by atoms with E-state index in [1.807, 2.05) is 30.5 Å². The molecule has 0 amide bonds. The van der Waals surface area contributed by atoms with Gasteiger partial charge in [-0.25, -0.2) is 0 Å². The predicted molar refractivity (Wildman–Crippen MR) is 113 cm³/mol. The number of ether oxygens (including phenoxy) is 1. The fourth-order valence-corrected chi connectivity index (χ4v) is 3.64. The number of carbonyl (C=O) groups is 1. The Hall–Kier alpha value is -1.43. The largest absolute Gasteiger partial charge is 0.457 e. The Morgan fingerprint density at radius 3 is 2.50 bits per heavy atom. The van der Waals surface area contributed by atoms with Crippen molar-refractivity contribution in [1.29, 1.82) is 0 Å². The number of hydrogen-bond acceptors (Lipinski definition) is 3. The van der Waals surface area contributed by atoms with Gasteiger partial charge in [0.1, 0.15) is 11.5 Å². The number of aliphatic imine (C=N–C) groups is 1. The van der Waals surface area contributed by atoms with E-state index in [1.54, 1.807) is 24.4 Å². The zero-order chi connectivity index (χ0) is 18.5. The standard InChI is InChI=1S/C20H16Br2ClNO2/c21-14-4-6-15(7-5-14)26-16-8-9-17(19(23)10-16)20(25)3-1-2-13-11-24-12-18(13)22/h4-13H,1-3H2/t13-/m1/s1. The zero-order valence-electron chi connectivity index (χ0n) is 13.8. The van der Waals surface area contributed by atoms with E-state index in [1.165, 1.54) is 0 Å². The maximum absolute atomic E-state index is 12.4. The normalized spacial score (nSPS) is 15.8. The molecule has 0 saturated carbocycles. The highest BCUT2D eigenvalue weighted by atomic mass is 79.9. The summed E-state index contributed by atoms with van der Waals surface area (Å²) in [5.74, 6) is 1.63. The molecule has 0 spiro atoms. The molecular formula is C20H16Br2ClNO2. The first-order valence-electron chi connectivity index (χ1n) is 8.18. The van der Waals surface area contributed by atoms with Crippen LogP contribution in [0, 0.1) is 5.92 Å². The number of ketones is 1. The van der Waals surface area contributed by atoms with Gasteiger partial charge in [0.25, 0.3) is 0 Å². The number of allylic oxidation sites excluding steroid dienone is 1. The number of nitrogens with zero attached hydrogens (tertiary/aromatic N) is 1. The Labute approximate surface area is 174 Å². The first-order valence-corrected chi connectivity index (χ1v) is 10.1. The van der Waals surface area contributed by atoms with E-state index in [0.717, 1.165) is 21.8 Å². The first kappa shape index (κ1) is 19.3. The Morgan fingerprint density at radius 1 is 1.12 bits per heavy atom. The van der Waals surface area contributed by atoms with Gasteiger partial charge in [-0.05, 0) is 49.2 Å². The van der Waals surface area contributed by atoms with E-state index < -0.39 is 0 Å². The summed E-state index contributed by atoms with van der Waals surface area (Å²) in [5, 5.41) is 0.410. The van der Waals surface area contributed by atoms with E-state index in [0.29, 0.717) is 28.5 Å². The number of Topliss-reactive ketones (excluding diaryl/α,β-unsaturated/α-hetero) is 1. The smallest absolute Gasteiger partial charge is 0.164 e. The van der Waals surface area contributed by atoms with E-state index in [4.69, 9.17) is 16.3 Å². The molecule has 1 atom stereocenters. The lowest BCUT2D eigenvalue weighted by atomic mass is 10.00. The monoisotopic (exact) mass is 495 g/mol. The van der Waals surface area contributed by atoms with Gasteiger partial charge in [-0.15, -0.1) is 0 Å². The molecule has 0 N–H and O–H groups in total. The number of benzene rings is 2. The van der Waals surface area contributed by atoms with E-state index >= 15 is 0 Å². The van der Waals surface area contributed by atoms with Gasteiger partial charge in [-0.1, -0.05) is 43.5 Å². The molecule has 1 aliphatic rings. The summed E-state index contributed by atoms with van der Waals surface area (Å²) in [6, 6.07) is 12.7. The van der Waals surface area contributed by atoms with Crippen LogP contribution in [0.4, 0.5) is 0 Å². The van der Waals surface area contributed by atoms with Crippen LogP contribution >= 0.6 is 43.5 Å². The average molecular weight is 498 g/mol. The van der Waals surface area contributed by atoms with Gasteiger partial charge in [-0.2, -0.15) is 0 Å². The maximum Gasteiger partial charge on any atom is 0.164 e. The lowest BCUT2D eigenvalue weighted by molar-refractivity contribution is 0.0979. The quantitative estimate of drug-likeness (QED) is 0.380. The lowest BCUT2D eigenvalue weighted by Crippen LogP contribution is -2.04. The van der Waals surface area contributed by atoms with E-state index in [9.17, 15) is 4.79 Å². The van der Waals surface area contributed by atoms with Gasteiger partial charge >= 0.3 is 0 Å². The van der Waals surface area contributed by atoms with Crippen LogP contribution < -0.4 is 4.74 Å². The van der Waals surface area contributed by atoms with Crippen molar-refractivity contribution in [3.8, 4) is 11.5 Å². The number of hydrogen-bond donors (Lipinski definition) is 0. The van der Waals surface area contributed by atoms with Gasteiger partial charge in [0.2, 0.25) is 0 Å². The first-order chi connectivity index (χ1) is 12.5. The van der Waals surface area contributed by atoms with Crippen LogP contribution in [0.5, 0.6) is 11.5 Å². The molecule has 0 radical (unpaired) electrons. The van der Waals surface area contributed by atoms with Gasteiger partial charge < -0.3 is 4.74 Å². The third-order valence-corrected chi connectivity index (χ3v) is 5.66. The van der Waals surface area contributed by atoms with Crippen molar-refractivity contribution in [3.63, 3.8) is 0 Å². The minimum absolute atomic E-state index is 0.0419. The highest BCUT2D eigenvalue weighted by Crippen LogP contribution is 2.30. The molecule has 1 aliphatic heterocycles. The van der Waals surface area contributed by atoms with Crippen LogP contribution in [0.1, 0.15) is 29.6 Å². The second-order valence-electron chi connectivity index (χ2n) is 5.93. The van der Waals surface area contributed by atoms with Crippen LogP contribution in [0.25, 0.3) is 0 Å². The molecule has 3 nitrogen and oxygen atoms in total. The zero-order valence-corrected chi connectivity index (χ0v) is 17.7. The van der Waals surface area contributed by atoms with Gasteiger partial charge in [0.15, 0.2) is 5.78 Å². The Bertz CT molecular complexity index is 863. The van der Waals surface area contributed by atoms with Crippen LogP contribution in [-0.4, -0.2) is 12.0 Å². The number of carbonyl (C=O) groups excluding carboxylic acids is 1. The molecule has 2 aromatic rings. The Balaban J connectivity index is 1.58. The third kappa shape index (κ3) is 5.06. The molecule has 134 valence electrons. The van der Waals surface area contributed by atoms with Gasteiger partial charge in [0.05, 0.1) is 5.02 Å². The minimum atomic E-state index is 0.0419. The molecular weight excluding hydrogens is 481 g/mol. The molecule has 0 saturated heterocycles. The van der Waals surface area contributed by atoms with Crippen LogP contribution in [-0.2, 0) is 0 Å². The van der Waals surface area contributed by atoms with Crippen molar-refractivity contribution in [3.05, 3.63) is 68.2 Å². The van der Waals surface area contributed by atoms with E-state index in [-0.39, 0.29) is 11.7 Å². The highest BCUT2D eigenvalue weighted by Gasteiger charge is 2.16. The second kappa shape index (κ2) is 8.98. The van der Waals surface area contributed by atoms with Gasteiger partial charge in [-0.3, -0.25) is 9.79 Å². The van der Waals surface area contributed by atoms with Crippen molar-refractivity contribution in [2.24, 2.45) is 10.9 Å². The van der Waals surface area contributed by atoms with Crippen LogP contribution in [0.15, 0.2) is 62.6 Å². The molecule has 0 aromatic heterocycles. The summed E-state index contributed by atoms with van der Waals surface area (Å²) in [7, 11) is 0. The maximum atomic E-state index is 12.4. The predicted octanol–water partition coefficient (Wildman–Crippen LogP) is 7.18. The Kier molecular flexibility index (Phi) is 6.68. The fraction of sp³-hybridized carbons (Fsp3) is 0.200. The Morgan fingerprint density at radius 2 is 1.85 bits per heavy atom. The molecule has 0 bridgehead atoms. The number of rotatable bonds is 7. The topological polar surface area (TPSA) is 38.7 Å². The molecule has 26 heavy (non-hydrogen) atoms. The van der Waals surface area contributed by atoms with Crippen molar-refractivity contribution < 1.29 is 9.53 Å². The average Bonchev–Trinajstić information content (AvgIpc) is 3.02. The molecule has 0 fully saturated rings. The van der Waals surface area contributed by atoms with E-state index in [2.05, 4.69) is 36.9 Å². The summed E-state index contributed by atoms with van der Waals surface area (Å²) in [6.07, 6.45) is 5.82. The van der Waals surface area contributed by atoms with Crippen molar-refractivity contribution in [2.45, 2.75) is 19.3 Å². The summed E-state index contributed by atoms with van der Waals surface area (Å²) in [4.78, 5) is 16.5. The molecule has 3 rings (SSSR count). The summed E-state index contributed by atoms with van der Waals surface area (Å²) in [6.45, 7) is 0. The van der Waals surface area contributed by atoms with Crippen LogP contribution in [0.3, 0.4) is 0 Å². The SMILES string of the molecule is O=C(CCC[C@@H]1C=NC=C1Br)c1ccc(Oc2ccc(Br)cc2)cc1Cl. The van der Waals surface area contributed by atoms with Crippen molar-refractivity contribution in [2.75, 3.05) is 0 Å². The fourth-order valence-electron chi connectivity index (χ4n) is 2.64. The highest BCUT2D eigenvalue weighted by molar-refractivity contribution is 9.11. The molecule has 0 aliphatic carbocycles.